The molecular formula is C25H23N3OS2. The second-order valence-corrected chi connectivity index (χ2v) is 8.89. The Morgan fingerprint density at radius 2 is 1.61 bits per heavy atom. The molecule has 0 aliphatic rings. The van der Waals surface area contributed by atoms with E-state index in [4.69, 9.17) is 0 Å². The SMILES string of the molecule is Cc1csc(CNC(=O)Nc2ccc(NSc3ccccc3-c3ccccc3)cc2)c1. The van der Waals surface area contributed by atoms with Crippen LogP contribution >= 0.6 is 23.3 Å². The van der Waals surface area contributed by atoms with Gasteiger partial charge in [-0.2, -0.15) is 0 Å². The minimum Gasteiger partial charge on any atom is -0.333 e. The Kier molecular flexibility index (Phi) is 6.92. The van der Waals surface area contributed by atoms with E-state index in [1.165, 1.54) is 16.7 Å². The summed E-state index contributed by atoms with van der Waals surface area (Å²) in [5.41, 5.74) is 5.31. The molecule has 4 rings (SSSR count). The lowest BCUT2D eigenvalue weighted by atomic mass is 10.1. The average molecular weight is 446 g/mol. The number of rotatable bonds is 7. The van der Waals surface area contributed by atoms with Crippen molar-refractivity contribution in [3.63, 3.8) is 0 Å². The van der Waals surface area contributed by atoms with Gasteiger partial charge >= 0.3 is 6.03 Å². The summed E-state index contributed by atoms with van der Waals surface area (Å²) in [4.78, 5) is 14.4. The zero-order chi connectivity index (χ0) is 21.5. The van der Waals surface area contributed by atoms with E-state index < -0.39 is 0 Å². The van der Waals surface area contributed by atoms with Gasteiger partial charge in [0.25, 0.3) is 0 Å². The zero-order valence-electron chi connectivity index (χ0n) is 17.1. The summed E-state index contributed by atoms with van der Waals surface area (Å²) in [5, 5.41) is 7.84. The smallest absolute Gasteiger partial charge is 0.319 e. The zero-order valence-corrected chi connectivity index (χ0v) is 18.7. The Morgan fingerprint density at radius 1 is 0.903 bits per heavy atom. The summed E-state index contributed by atoms with van der Waals surface area (Å²) in [6.07, 6.45) is 0. The molecule has 0 aliphatic heterocycles. The number of hydrogen-bond donors (Lipinski definition) is 3. The second kappa shape index (κ2) is 10.2. The topological polar surface area (TPSA) is 53.2 Å². The van der Waals surface area contributed by atoms with Crippen molar-refractivity contribution < 1.29 is 4.79 Å². The highest BCUT2D eigenvalue weighted by atomic mass is 32.2. The number of hydrogen-bond acceptors (Lipinski definition) is 4. The van der Waals surface area contributed by atoms with E-state index >= 15 is 0 Å². The van der Waals surface area contributed by atoms with Crippen LogP contribution in [0.15, 0.2) is 95.2 Å². The first-order valence-electron chi connectivity index (χ1n) is 9.93. The molecule has 0 atom stereocenters. The summed E-state index contributed by atoms with van der Waals surface area (Å²) in [6, 6.07) is 28.2. The van der Waals surface area contributed by atoms with Crippen molar-refractivity contribution in [2.45, 2.75) is 18.4 Å². The first-order chi connectivity index (χ1) is 15.2. The highest BCUT2D eigenvalue weighted by molar-refractivity contribution is 8.00. The van der Waals surface area contributed by atoms with Crippen LogP contribution < -0.4 is 15.4 Å². The maximum absolute atomic E-state index is 12.1. The molecule has 3 N–H and O–H groups in total. The van der Waals surface area contributed by atoms with Crippen LogP contribution in [0.25, 0.3) is 11.1 Å². The lowest BCUT2D eigenvalue weighted by molar-refractivity contribution is 0.252. The van der Waals surface area contributed by atoms with E-state index in [1.807, 2.05) is 55.5 Å². The molecule has 0 aliphatic carbocycles. The first-order valence-corrected chi connectivity index (χ1v) is 11.6. The van der Waals surface area contributed by atoms with Gasteiger partial charge in [-0.25, -0.2) is 4.79 Å². The molecular weight excluding hydrogens is 422 g/mol. The van der Waals surface area contributed by atoms with E-state index in [-0.39, 0.29) is 6.03 Å². The number of anilines is 2. The molecule has 3 aromatic carbocycles. The van der Waals surface area contributed by atoms with Crippen molar-refractivity contribution >= 4 is 40.7 Å². The molecule has 0 spiro atoms. The Morgan fingerprint density at radius 3 is 2.35 bits per heavy atom. The number of carbonyl (C=O) groups is 1. The largest absolute Gasteiger partial charge is 0.333 e. The van der Waals surface area contributed by atoms with E-state index in [0.29, 0.717) is 6.54 Å². The van der Waals surface area contributed by atoms with E-state index in [2.05, 4.69) is 57.1 Å². The van der Waals surface area contributed by atoms with Crippen LogP contribution in [0.1, 0.15) is 10.4 Å². The normalized spacial score (nSPS) is 10.5. The number of thiophene rings is 1. The van der Waals surface area contributed by atoms with Crippen molar-refractivity contribution in [3.05, 3.63) is 101 Å². The van der Waals surface area contributed by atoms with Gasteiger partial charge in [0.05, 0.1) is 6.54 Å². The van der Waals surface area contributed by atoms with Crippen molar-refractivity contribution in [3.8, 4) is 11.1 Å². The fraction of sp³-hybridized carbons (Fsp3) is 0.0800. The highest BCUT2D eigenvalue weighted by Crippen LogP contribution is 2.32. The van der Waals surface area contributed by atoms with Crippen molar-refractivity contribution in [1.29, 1.82) is 0 Å². The third-order valence-corrected chi connectivity index (χ3v) is 6.57. The maximum atomic E-state index is 12.1. The van der Waals surface area contributed by atoms with E-state index in [9.17, 15) is 4.79 Å². The molecule has 156 valence electrons. The number of carbonyl (C=O) groups excluding carboxylic acids is 1. The fourth-order valence-electron chi connectivity index (χ4n) is 3.07. The molecule has 4 nitrogen and oxygen atoms in total. The molecule has 0 saturated heterocycles. The van der Waals surface area contributed by atoms with Gasteiger partial charge in [0, 0.05) is 21.1 Å². The van der Waals surface area contributed by atoms with Crippen LogP contribution in [0, 0.1) is 6.92 Å². The first kappa shape index (κ1) is 21.0. The van der Waals surface area contributed by atoms with Crippen molar-refractivity contribution in [2.24, 2.45) is 0 Å². The highest BCUT2D eigenvalue weighted by Gasteiger charge is 2.06. The van der Waals surface area contributed by atoms with Crippen LogP contribution in [0.2, 0.25) is 0 Å². The quantitative estimate of drug-likeness (QED) is 0.264. The third-order valence-electron chi connectivity index (χ3n) is 4.60. The number of amides is 2. The van der Waals surface area contributed by atoms with Crippen molar-refractivity contribution in [2.75, 3.05) is 10.0 Å². The summed E-state index contributed by atoms with van der Waals surface area (Å²) >= 11 is 3.22. The predicted octanol–water partition coefficient (Wildman–Crippen LogP) is 7.16. The monoisotopic (exact) mass is 445 g/mol. The summed E-state index contributed by atoms with van der Waals surface area (Å²) in [6.45, 7) is 2.58. The maximum Gasteiger partial charge on any atom is 0.319 e. The summed E-state index contributed by atoms with van der Waals surface area (Å²) < 4.78 is 3.39. The Balaban J connectivity index is 1.32. The Labute approximate surface area is 190 Å². The molecule has 6 heteroatoms. The number of urea groups is 1. The number of benzene rings is 3. The summed E-state index contributed by atoms with van der Waals surface area (Å²) in [5.74, 6) is 0. The molecule has 1 heterocycles. The van der Waals surface area contributed by atoms with Crippen molar-refractivity contribution in [1.82, 2.24) is 5.32 Å². The van der Waals surface area contributed by atoms with Crippen LogP contribution in [0.4, 0.5) is 16.2 Å². The number of aryl methyl sites for hydroxylation is 1. The number of nitrogens with one attached hydrogen (secondary N) is 3. The molecule has 1 aromatic heterocycles. The molecule has 0 saturated carbocycles. The van der Waals surface area contributed by atoms with Gasteiger partial charge in [0.2, 0.25) is 0 Å². The van der Waals surface area contributed by atoms with Crippen LogP contribution in [0.3, 0.4) is 0 Å². The van der Waals surface area contributed by atoms with Crippen LogP contribution in [-0.4, -0.2) is 6.03 Å². The minimum absolute atomic E-state index is 0.210. The Bertz CT molecular complexity index is 1140. The molecule has 31 heavy (non-hydrogen) atoms. The van der Waals surface area contributed by atoms with E-state index in [1.54, 1.807) is 23.3 Å². The standard InChI is InChI=1S/C25H23N3OS2/c1-18-15-22(30-17-18)16-26-25(29)27-20-11-13-21(14-12-20)28-31-24-10-6-5-9-23(24)19-7-3-2-4-8-19/h2-15,17,28H,16H2,1H3,(H2,26,27,29). The molecule has 0 fully saturated rings. The fourth-order valence-corrected chi connectivity index (χ4v) is 4.69. The molecule has 2 amide bonds. The van der Waals surface area contributed by atoms with Gasteiger partial charge < -0.3 is 15.4 Å². The van der Waals surface area contributed by atoms with Crippen LogP contribution in [0.5, 0.6) is 0 Å². The minimum atomic E-state index is -0.210. The van der Waals surface area contributed by atoms with Crippen LogP contribution in [-0.2, 0) is 6.54 Å². The molecule has 0 unspecified atom stereocenters. The second-order valence-electron chi connectivity index (χ2n) is 7.04. The molecule has 0 bridgehead atoms. The van der Waals surface area contributed by atoms with Gasteiger partial charge in [0.15, 0.2) is 0 Å². The average Bonchev–Trinajstić information content (AvgIpc) is 3.23. The van der Waals surface area contributed by atoms with Gasteiger partial charge in [-0.1, -0.05) is 48.5 Å². The van der Waals surface area contributed by atoms with Gasteiger partial charge in [-0.15, -0.1) is 11.3 Å². The predicted molar refractivity (Wildman–Crippen MR) is 133 cm³/mol. The Hall–Kier alpha value is -3.22. The summed E-state index contributed by atoms with van der Waals surface area (Å²) in [7, 11) is 0. The van der Waals surface area contributed by atoms with Gasteiger partial charge in [-0.05, 0) is 77.3 Å². The lowest BCUT2D eigenvalue weighted by Gasteiger charge is -2.11. The lowest BCUT2D eigenvalue weighted by Crippen LogP contribution is -2.27. The van der Waals surface area contributed by atoms with Gasteiger partial charge in [-0.3, -0.25) is 0 Å². The molecule has 0 radical (unpaired) electrons. The van der Waals surface area contributed by atoms with Gasteiger partial charge in [0.1, 0.15) is 0 Å². The van der Waals surface area contributed by atoms with E-state index in [0.717, 1.165) is 21.1 Å². The molecule has 4 aromatic rings. The third kappa shape index (κ3) is 5.90.